The van der Waals surface area contributed by atoms with Gasteiger partial charge < -0.3 is 29.3 Å². The number of ether oxygens (including phenoxy) is 2. The first-order valence-electron chi connectivity index (χ1n) is 15.0. The lowest BCUT2D eigenvalue weighted by Gasteiger charge is -2.40. The van der Waals surface area contributed by atoms with Crippen LogP contribution in [0.25, 0.3) is 11.3 Å². The lowest BCUT2D eigenvalue weighted by atomic mass is 9.98. The van der Waals surface area contributed by atoms with Crippen LogP contribution < -0.4 is 9.64 Å². The van der Waals surface area contributed by atoms with Gasteiger partial charge in [-0.1, -0.05) is 24.2 Å². The minimum Gasteiger partial charge on any atom is -0.507 e. The van der Waals surface area contributed by atoms with Crippen molar-refractivity contribution < 1.29 is 28.6 Å². The molecular formula is C32H39ClFN5O5. The monoisotopic (exact) mass is 627 g/mol. The Morgan fingerprint density at radius 2 is 2.05 bits per heavy atom. The Labute approximate surface area is 262 Å². The molecule has 3 fully saturated rings. The number of amides is 2. The van der Waals surface area contributed by atoms with Gasteiger partial charge in [-0.2, -0.15) is 0 Å². The van der Waals surface area contributed by atoms with E-state index in [-0.39, 0.29) is 70.0 Å². The summed E-state index contributed by atoms with van der Waals surface area (Å²) in [5.74, 6) is -1.13. The van der Waals surface area contributed by atoms with E-state index < -0.39 is 17.4 Å². The third kappa shape index (κ3) is 5.18. The largest absolute Gasteiger partial charge is 0.507 e. The lowest BCUT2D eigenvalue weighted by Crippen LogP contribution is -2.57. The molecule has 10 nitrogen and oxygen atoms in total. The van der Waals surface area contributed by atoms with E-state index >= 15 is 4.39 Å². The molecule has 1 saturated carbocycles. The Bertz CT molecular complexity index is 1490. The molecule has 1 aromatic carbocycles. The van der Waals surface area contributed by atoms with Gasteiger partial charge >= 0.3 is 0 Å². The highest BCUT2D eigenvalue weighted by Gasteiger charge is 2.49. The molecule has 1 aromatic heterocycles. The molecule has 0 radical (unpaired) electrons. The number of anilines is 1. The number of hydrogen-bond acceptors (Lipinski definition) is 8. The highest BCUT2D eigenvalue weighted by Crippen LogP contribution is 2.49. The summed E-state index contributed by atoms with van der Waals surface area (Å²) in [4.78, 5) is 39.5. The summed E-state index contributed by atoms with van der Waals surface area (Å²) in [6.07, 6.45) is 4.08. The van der Waals surface area contributed by atoms with Crippen molar-refractivity contribution in [3.63, 3.8) is 0 Å². The fourth-order valence-electron chi connectivity index (χ4n) is 6.91. The maximum Gasteiger partial charge on any atom is 0.261 e. The van der Waals surface area contributed by atoms with Gasteiger partial charge in [0.15, 0.2) is 5.75 Å². The first kappa shape index (κ1) is 30.6. The topological polar surface area (TPSA) is 98.7 Å². The molecule has 12 heteroatoms. The van der Waals surface area contributed by atoms with Crippen LogP contribution >= 0.6 is 11.6 Å². The van der Waals surface area contributed by atoms with Crippen molar-refractivity contribution in [1.82, 2.24) is 19.7 Å². The van der Waals surface area contributed by atoms with Gasteiger partial charge in [0.25, 0.3) is 5.91 Å². The standard InChI is InChI=1S/C32H39ClFN5O5/c1-6-23(41)37-12-13-38-20(15-37)17-44-28-25(30(38)42)29(35-27(26(28)33)24-21(34)8-7-9-22(24)40)39-16-19(14-31(39,2)3)36(4)18-32(43-5)10-11-32/h6-9,19-20,40H,1,10-18H2,2-5H3. The number of fused-ring (bicyclic) bond motifs is 2. The number of methoxy groups -OCH3 is 1. The molecule has 4 heterocycles. The molecule has 6 rings (SSSR count). The van der Waals surface area contributed by atoms with E-state index in [4.69, 9.17) is 26.1 Å². The van der Waals surface area contributed by atoms with E-state index in [1.165, 1.54) is 24.3 Å². The molecule has 1 aliphatic carbocycles. The molecule has 2 amide bonds. The molecule has 2 atom stereocenters. The summed E-state index contributed by atoms with van der Waals surface area (Å²) < 4.78 is 27.4. The number of aromatic nitrogens is 1. The SMILES string of the molecule is C=CC(=O)N1CCN2C(=O)c3c(N4CC(N(C)CC5(OC)CC5)CC4(C)C)nc(-c4c(O)cccc4F)c(Cl)c3OCC2C1. The molecule has 2 unspecified atom stereocenters. The van der Waals surface area contributed by atoms with Crippen LogP contribution in [-0.4, -0.2) is 113 Å². The molecule has 2 aromatic rings. The summed E-state index contributed by atoms with van der Waals surface area (Å²) in [7, 11) is 3.84. The number of aromatic hydroxyl groups is 1. The van der Waals surface area contributed by atoms with Gasteiger partial charge in [0.05, 0.1) is 17.2 Å². The van der Waals surface area contributed by atoms with E-state index in [0.717, 1.165) is 25.8 Å². The molecule has 236 valence electrons. The maximum atomic E-state index is 15.3. The van der Waals surface area contributed by atoms with Crippen LogP contribution in [0.1, 0.15) is 43.5 Å². The van der Waals surface area contributed by atoms with E-state index in [1.54, 1.807) is 16.9 Å². The number of hydrogen-bond donors (Lipinski definition) is 1. The summed E-state index contributed by atoms with van der Waals surface area (Å²) in [6, 6.07) is 3.69. The quantitative estimate of drug-likeness (QED) is 0.461. The average Bonchev–Trinajstić information content (AvgIpc) is 3.72. The number of rotatable bonds is 7. The number of likely N-dealkylation sites (N-methyl/N-ethyl adjacent to an activating group) is 1. The zero-order valence-electron chi connectivity index (χ0n) is 25.6. The number of nitrogens with zero attached hydrogens (tertiary/aromatic N) is 5. The Morgan fingerprint density at radius 1 is 1.30 bits per heavy atom. The predicted octanol–water partition coefficient (Wildman–Crippen LogP) is 3.95. The molecule has 4 aliphatic rings. The van der Waals surface area contributed by atoms with Crippen molar-refractivity contribution in [2.24, 2.45) is 0 Å². The lowest BCUT2D eigenvalue weighted by molar-refractivity contribution is -0.128. The summed E-state index contributed by atoms with van der Waals surface area (Å²) >= 11 is 6.91. The number of benzene rings is 1. The van der Waals surface area contributed by atoms with Crippen molar-refractivity contribution in [2.75, 3.05) is 58.4 Å². The minimum absolute atomic E-state index is 0.00364. The minimum atomic E-state index is -0.700. The van der Waals surface area contributed by atoms with Crippen LogP contribution in [0.3, 0.4) is 0 Å². The van der Waals surface area contributed by atoms with E-state index in [0.29, 0.717) is 25.5 Å². The molecule has 0 bridgehead atoms. The zero-order valence-corrected chi connectivity index (χ0v) is 26.4. The smallest absolute Gasteiger partial charge is 0.261 e. The summed E-state index contributed by atoms with van der Waals surface area (Å²) in [5, 5.41) is 10.7. The number of carbonyl (C=O) groups is 2. The van der Waals surface area contributed by atoms with Crippen LogP contribution in [0.4, 0.5) is 10.2 Å². The third-order valence-corrected chi connectivity index (χ3v) is 10.0. The number of phenols is 1. The molecule has 0 spiro atoms. The fourth-order valence-corrected chi connectivity index (χ4v) is 7.20. The Kier molecular flexibility index (Phi) is 7.78. The van der Waals surface area contributed by atoms with Gasteiger partial charge in [-0.05, 0) is 58.4 Å². The Balaban J connectivity index is 1.46. The number of piperazine rings is 1. The van der Waals surface area contributed by atoms with Gasteiger partial charge in [0.2, 0.25) is 5.91 Å². The second kappa shape index (κ2) is 11.2. The summed E-state index contributed by atoms with van der Waals surface area (Å²) in [5.41, 5.74) is -0.537. The number of carbonyl (C=O) groups excluding carboxylic acids is 2. The maximum absolute atomic E-state index is 15.3. The predicted molar refractivity (Wildman–Crippen MR) is 165 cm³/mol. The van der Waals surface area contributed by atoms with Crippen LogP contribution in [0, 0.1) is 5.82 Å². The molecule has 1 N–H and O–H groups in total. The second-order valence-electron chi connectivity index (χ2n) is 13.0. The first-order chi connectivity index (χ1) is 20.9. The fraction of sp³-hybridized carbons (Fsp3) is 0.531. The Hall–Kier alpha value is -3.41. The van der Waals surface area contributed by atoms with Gasteiger partial charge in [0, 0.05) is 51.4 Å². The number of halogens is 2. The van der Waals surface area contributed by atoms with Gasteiger partial charge in [-0.15, -0.1) is 0 Å². The van der Waals surface area contributed by atoms with E-state index in [1.807, 2.05) is 0 Å². The number of phenolic OH excluding ortho intramolecular Hbond substituents is 1. The highest BCUT2D eigenvalue weighted by atomic mass is 35.5. The molecule has 3 aliphatic heterocycles. The van der Waals surface area contributed by atoms with Crippen molar-refractivity contribution >= 4 is 29.2 Å². The van der Waals surface area contributed by atoms with Crippen molar-refractivity contribution in [3.05, 3.63) is 47.3 Å². The van der Waals surface area contributed by atoms with Crippen molar-refractivity contribution in [1.29, 1.82) is 0 Å². The molecular weight excluding hydrogens is 589 g/mol. The molecule has 44 heavy (non-hydrogen) atoms. The van der Waals surface area contributed by atoms with Gasteiger partial charge in [-0.3, -0.25) is 14.5 Å². The van der Waals surface area contributed by atoms with Crippen molar-refractivity contribution in [2.45, 2.75) is 56.3 Å². The Morgan fingerprint density at radius 3 is 2.70 bits per heavy atom. The van der Waals surface area contributed by atoms with E-state index in [9.17, 15) is 14.7 Å². The zero-order chi connectivity index (χ0) is 31.6. The first-order valence-corrected chi connectivity index (χ1v) is 15.4. The second-order valence-corrected chi connectivity index (χ2v) is 13.3. The summed E-state index contributed by atoms with van der Waals surface area (Å²) in [6.45, 7) is 10.1. The van der Waals surface area contributed by atoms with Crippen LogP contribution in [0.2, 0.25) is 5.02 Å². The third-order valence-electron chi connectivity index (χ3n) is 9.68. The van der Waals surface area contributed by atoms with Crippen molar-refractivity contribution in [3.8, 4) is 22.8 Å². The number of pyridine rings is 1. The van der Waals surface area contributed by atoms with Crippen LogP contribution in [0.5, 0.6) is 11.5 Å². The van der Waals surface area contributed by atoms with Crippen LogP contribution in [-0.2, 0) is 9.53 Å². The van der Waals surface area contributed by atoms with E-state index in [2.05, 4.69) is 37.3 Å². The normalized spacial score (nSPS) is 23.6. The average molecular weight is 628 g/mol. The van der Waals surface area contributed by atoms with Gasteiger partial charge in [0.1, 0.15) is 40.3 Å². The highest BCUT2D eigenvalue weighted by molar-refractivity contribution is 6.35. The van der Waals surface area contributed by atoms with Gasteiger partial charge in [-0.25, -0.2) is 9.37 Å². The molecule has 2 saturated heterocycles. The van der Waals surface area contributed by atoms with Crippen LogP contribution in [0.15, 0.2) is 30.9 Å².